The number of hydrogen-bond acceptors (Lipinski definition) is 7. The number of methoxy groups -OCH3 is 1. The number of thiophene rings is 1. The van der Waals surface area contributed by atoms with Crippen LogP contribution in [0.2, 0.25) is 10.0 Å². The number of nitrogens with one attached hydrogen (secondary N) is 3. The molecule has 1 aromatic heterocycles. The highest BCUT2D eigenvalue weighted by Crippen LogP contribution is 2.41. The zero-order valence-electron chi connectivity index (χ0n) is 28.6. The molecule has 1 atom stereocenters. The van der Waals surface area contributed by atoms with Gasteiger partial charge in [-0.05, 0) is 90.9 Å². The molecule has 0 aliphatic heterocycles. The Hall–Kier alpha value is -4.87. The summed E-state index contributed by atoms with van der Waals surface area (Å²) in [4.78, 5) is 55.8. The number of hydrogen-bond donors (Lipinski definition) is 3. The van der Waals surface area contributed by atoms with Crippen molar-refractivity contribution in [3.63, 3.8) is 0 Å². The van der Waals surface area contributed by atoms with Gasteiger partial charge in [-0.1, -0.05) is 90.3 Å². The first-order valence-corrected chi connectivity index (χ1v) is 19.3. The third-order valence-electron chi connectivity index (χ3n) is 8.52. The Morgan fingerprint density at radius 1 is 0.830 bits per heavy atom. The van der Waals surface area contributed by atoms with Gasteiger partial charge in [-0.15, -0.1) is 23.1 Å². The Labute approximate surface area is 325 Å². The number of amides is 3. The van der Waals surface area contributed by atoms with Gasteiger partial charge in [0.25, 0.3) is 11.8 Å². The molecule has 3 amide bonds. The van der Waals surface area contributed by atoms with Crippen LogP contribution in [0.3, 0.4) is 0 Å². The van der Waals surface area contributed by atoms with Crippen LogP contribution in [0.25, 0.3) is 6.08 Å². The average Bonchev–Trinajstić information content (AvgIpc) is 3.33. The summed E-state index contributed by atoms with van der Waals surface area (Å²) in [6, 6.07) is 29.8. The normalized spacial score (nSPS) is 13.2. The average molecular weight is 785 g/mol. The van der Waals surface area contributed by atoms with Gasteiger partial charge >= 0.3 is 5.97 Å². The summed E-state index contributed by atoms with van der Waals surface area (Å²) in [5, 5.41) is 9.18. The van der Waals surface area contributed by atoms with Crippen molar-refractivity contribution >= 4 is 86.8 Å². The minimum Gasteiger partial charge on any atom is -0.465 e. The summed E-state index contributed by atoms with van der Waals surface area (Å²) >= 11 is 15.3. The Kier molecular flexibility index (Phi) is 12.7. The molecule has 0 spiro atoms. The number of benzene rings is 4. The van der Waals surface area contributed by atoms with E-state index in [4.69, 9.17) is 27.9 Å². The van der Waals surface area contributed by atoms with Crippen molar-refractivity contribution < 1.29 is 23.9 Å². The summed E-state index contributed by atoms with van der Waals surface area (Å²) in [7, 11) is 1.35. The van der Waals surface area contributed by atoms with E-state index in [2.05, 4.69) is 16.0 Å². The number of anilines is 2. The number of carbonyl (C=O) groups excluding carboxylic acids is 4. The summed E-state index contributed by atoms with van der Waals surface area (Å²) < 4.78 is 5.15. The third-order valence-corrected chi connectivity index (χ3v) is 11.5. The fourth-order valence-corrected chi connectivity index (χ4v) is 8.75. The smallest absolute Gasteiger partial charge is 0.341 e. The number of ether oxygens (including phenoxy) is 1. The maximum absolute atomic E-state index is 14.1. The topological polar surface area (TPSA) is 114 Å². The number of rotatable bonds is 11. The zero-order chi connectivity index (χ0) is 37.3. The summed E-state index contributed by atoms with van der Waals surface area (Å²) in [5.41, 5.74) is 3.40. The third kappa shape index (κ3) is 9.57. The number of aryl methyl sites for hydroxylation is 1. The van der Waals surface area contributed by atoms with Crippen LogP contribution in [0.1, 0.15) is 66.8 Å². The highest BCUT2D eigenvalue weighted by molar-refractivity contribution is 8.00. The summed E-state index contributed by atoms with van der Waals surface area (Å²) in [5.74, 6) is -1.83. The zero-order valence-corrected chi connectivity index (χ0v) is 31.8. The molecule has 3 N–H and O–H groups in total. The van der Waals surface area contributed by atoms with Gasteiger partial charge in [-0.2, -0.15) is 0 Å². The molecule has 1 aliphatic carbocycles. The molecule has 0 radical (unpaired) electrons. The van der Waals surface area contributed by atoms with Crippen LogP contribution in [-0.2, 0) is 27.2 Å². The quantitative estimate of drug-likeness (QED) is 0.0532. The molecular weight excluding hydrogens is 750 g/mol. The van der Waals surface area contributed by atoms with E-state index >= 15 is 0 Å². The van der Waals surface area contributed by atoms with E-state index in [0.29, 0.717) is 42.3 Å². The second-order valence-corrected chi connectivity index (χ2v) is 15.3. The molecule has 0 fully saturated rings. The Morgan fingerprint density at radius 2 is 1.57 bits per heavy atom. The number of halogens is 2. The molecule has 5 aromatic rings. The van der Waals surface area contributed by atoms with Gasteiger partial charge in [-0.25, -0.2) is 4.79 Å². The number of esters is 1. The van der Waals surface area contributed by atoms with Crippen LogP contribution >= 0.6 is 46.3 Å². The molecule has 270 valence electrons. The maximum atomic E-state index is 14.1. The van der Waals surface area contributed by atoms with Gasteiger partial charge in [0, 0.05) is 31.1 Å². The summed E-state index contributed by atoms with van der Waals surface area (Å²) in [6.07, 6.45) is 6.20. The van der Waals surface area contributed by atoms with Gasteiger partial charge in [-0.3, -0.25) is 14.4 Å². The second-order valence-electron chi connectivity index (χ2n) is 12.2. The predicted molar refractivity (Wildman–Crippen MR) is 214 cm³/mol. The van der Waals surface area contributed by atoms with Crippen molar-refractivity contribution in [3.05, 3.63) is 152 Å². The van der Waals surface area contributed by atoms with E-state index in [1.807, 2.05) is 36.4 Å². The second kappa shape index (κ2) is 17.8. The number of fused-ring (bicyclic) bond motifs is 1. The highest BCUT2D eigenvalue weighted by Gasteiger charge is 2.29. The van der Waals surface area contributed by atoms with E-state index in [-0.39, 0.29) is 11.6 Å². The van der Waals surface area contributed by atoms with Gasteiger partial charge in [0.1, 0.15) is 15.9 Å². The highest BCUT2D eigenvalue weighted by atomic mass is 35.5. The van der Waals surface area contributed by atoms with E-state index in [1.54, 1.807) is 66.7 Å². The molecule has 0 saturated carbocycles. The van der Waals surface area contributed by atoms with E-state index < -0.39 is 23.0 Å². The number of carbonyl (C=O) groups is 4. The van der Waals surface area contributed by atoms with Crippen LogP contribution in [0.5, 0.6) is 0 Å². The molecule has 8 nitrogen and oxygen atoms in total. The minimum atomic E-state index is -0.706. The van der Waals surface area contributed by atoms with Crippen molar-refractivity contribution in [1.82, 2.24) is 5.32 Å². The fourth-order valence-electron chi connectivity index (χ4n) is 5.93. The maximum Gasteiger partial charge on any atom is 0.341 e. The Morgan fingerprint density at radius 3 is 2.30 bits per heavy atom. The van der Waals surface area contributed by atoms with Crippen LogP contribution < -0.4 is 16.0 Å². The Balaban J connectivity index is 1.26. The lowest BCUT2D eigenvalue weighted by atomic mass is 10.1. The van der Waals surface area contributed by atoms with E-state index in [9.17, 15) is 19.2 Å². The standard InChI is InChI=1S/C41H35Cl2N3O5S2/c1-51-41(50)35-31-18-9-4-10-19-34(31)53-40(35)46-39(49)36(25-12-5-2-6-13-25)52-30-17-11-16-29(24-30)44-38(48)33(22-27-20-21-28(42)23-32(27)43)45-37(47)26-14-7-3-8-15-26/h2-3,5-8,11-17,20-24,36H,4,9-10,18-19H2,1H3,(H,44,48)(H,45,47)(H,46,49)/b33-22+. The predicted octanol–water partition coefficient (Wildman–Crippen LogP) is 9.99. The molecule has 0 saturated heterocycles. The minimum absolute atomic E-state index is 0.0431. The van der Waals surface area contributed by atoms with Crippen LogP contribution in [0, 0.1) is 0 Å². The Bertz CT molecular complexity index is 2170. The van der Waals surface area contributed by atoms with Crippen LogP contribution in [-0.4, -0.2) is 30.8 Å². The molecule has 4 aromatic carbocycles. The fraction of sp³-hybridized carbons (Fsp3) is 0.171. The van der Waals surface area contributed by atoms with Crippen molar-refractivity contribution in [2.24, 2.45) is 0 Å². The first-order valence-electron chi connectivity index (χ1n) is 16.9. The van der Waals surface area contributed by atoms with Gasteiger partial charge < -0.3 is 20.7 Å². The van der Waals surface area contributed by atoms with Crippen LogP contribution in [0.4, 0.5) is 10.7 Å². The first kappa shape index (κ1) is 37.9. The lowest BCUT2D eigenvalue weighted by Crippen LogP contribution is -2.30. The lowest BCUT2D eigenvalue weighted by Gasteiger charge is -2.18. The summed E-state index contributed by atoms with van der Waals surface area (Å²) in [6.45, 7) is 0. The molecule has 6 rings (SSSR count). The number of thioether (sulfide) groups is 1. The van der Waals surface area contributed by atoms with Crippen molar-refractivity contribution in [3.8, 4) is 0 Å². The SMILES string of the molecule is COC(=O)c1c(NC(=O)C(Sc2cccc(NC(=O)/C(=C\c3ccc(Cl)cc3Cl)NC(=O)c3ccccc3)c2)c2ccccc2)sc2c1CCCCC2. The van der Waals surface area contributed by atoms with Gasteiger partial charge in [0.15, 0.2) is 0 Å². The van der Waals surface area contributed by atoms with Gasteiger partial charge in [0.05, 0.1) is 12.7 Å². The van der Waals surface area contributed by atoms with E-state index in [1.165, 1.54) is 36.3 Å². The lowest BCUT2D eigenvalue weighted by molar-refractivity contribution is -0.116. The van der Waals surface area contributed by atoms with Crippen molar-refractivity contribution in [2.75, 3.05) is 17.7 Å². The molecule has 12 heteroatoms. The molecular formula is C41H35Cl2N3O5S2. The molecule has 1 heterocycles. The van der Waals surface area contributed by atoms with Crippen LogP contribution in [0.15, 0.2) is 114 Å². The van der Waals surface area contributed by atoms with E-state index in [0.717, 1.165) is 48.1 Å². The molecule has 0 bridgehead atoms. The largest absolute Gasteiger partial charge is 0.465 e. The van der Waals surface area contributed by atoms with Gasteiger partial charge in [0.2, 0.25) is 5.91 Å². The first-order chi connectivity index (χ1) is 25.7. The molecule has 53 heavy (non-hydrogen) atoms. The monoisotopic (exact) mass is 783 g/mol. The van der Waals surface area contributed by atoms with Crippen molar-refractivity contribution in [1.29, 1.82) is 0 Å². The molecule has 1 aliphatic rings. The van der Waals surface area contributed by atoms with Crippen molar-refractivity contribution in [2.45, 2.75) is 42.2 Å². The molecule has 1 unspecified atom stereocenters.